The van der Waals surface area contributed by atoms with Crippen LogP contribution in [-0.2, 0) is 21.4 Å². The maximum atomic E-state index is 12.8. The molecule has 0 unspecified atom stereocenters. The van der Waals surface area contributed by atoms with Gasteiger partial charge < -0.3 is 4.90 Å². The quantitative estimate of drug-likeness (QED) is 0.764. The number of nitrogens with one attached hydrogen (secondary N) is 1. The normalized spacial score (nSPS) is 19.1. The summed E-state index contributed by atoms with van der Waals surface area (Å²) in [6.45, 7) is 1.77. The maximum Gasteiger partial charge on any atom is 0.243 e. The van der Waals surface area contributed by atoms with Crippen molar-refractivity contribution in [1.29, 1.82) is 0 Å². The Morgan fingerprint density at radius 3 is 2.43 bits per heavy atom. The molecule has 1 aliphatic heterocycles. The molecule has 2 fully saturated rings. The molecule has 2 aromatic rings. The van der Waals surface area contributed by atoms with Crippen LogP contribution in [0.4, 0.5) is 0 Å². The van der Waals surface area contributed by atoms with Crippen molar-refractivity contribution in [3.63, 3.8) is 0 Å². The van der Waals surface area contributed by atoms with Gasteiger partial charge in [-0.3, -0.25) is 9.48 Å². The summed E-state index contributed by atoms with van der Waals surface area (Å²) in [4.78, 5) is 14.8. The summed E-state index contributed by atoms with van der Waals surface area (Å²) in [6, 6.07) is 9.66. The van der Waals surface area contributed by atoms with E-state index >= 15 is 0 Å². The van der Waals surface area contributed by atoms with Crippen LogP contribution >= 0.6 is 0 Å². The molecule has 0 bridgehead atoms. The van der Waals surface area contributed by atoms with Gasteiger partial charge in [0.2, 0.25) is 15.9 Å². The zero-order chi connectivity index (χ0) is 21.0. The second kappa shape index (κ2) is 9.31. The molecule has 162 valence electrons. The first-order valence-corrected chi connectivity index (χ1v) is 12.4. The van der Waals surface area contributed by atoms with Gasteiger partial charge in [0, 0.05) is 31.2 Å². The van der Waals surface area contributed by atoms with E-state index < -0.39 is 10.0 Å². The van der Waals surface area contributed by atoms with Crippen LogP contribution in [0.15, 0.2) is 47.6 Å². The number of likely N-dealkylation sites (tertiary alicyclic amines) is 1. The van der Waals surface area contributed by atoms with Crippen molar-refractivity contribution in [2.45, 2.75) is 62.4 Å². The van der Waals surface area contributed by atoms with Crippen LogP contribution in [-0.4, -0.2) is 48.1 Å². The number of hydrogen-bond donors (Lipinski definition) is 1. The zero-order valence-corrected chi connectivity index (χ0v) is 18.1. The van der Waals surface area contributed by atoms with Crippen molar-refractivity contribution in [3.8, 4) is 0 Å². The summed E-state index contributed by atoms with van der Waals surface area (Å²) < 4.78 is 30.0. The van der Waals surface area contributed by atoms with E-state index in [0.717, 1.165) is 31.2 Å². The van der Waals surface area contributed by atoms with E-state index in [2.05, 4.69) is 9.82 Å². The Labute approximate surface area is 178 Å². The lowest BCUT2D eigenvalue weighted by Gasteiger charge is -2.35. The van der Waals surface area contributed by atoms with Gasteiger partial charge in [0.15, 0.2) is 0 Å². The highest BCUT2D eigenvalue weighted by Gasteiger charge is 2.31. The lowest BCUT2D eigenvalue weighted by atomic mass is 9.87. The number of rotatable bonds is 6. The van der Waals surface area contributed by atoms with Crippen LogP contribution in [0.5, 0.6) is 0 Å². The SMILES string of the molecule is O=C(C1CCCCC1)N1CCC(NS(=O)(=O)c2cnn(Cc3ccccc3)c2)CC1. The number of carbonyl (C=O) groups excluding carboxylic acids is 1. The zero-order valence-electron chi connectivity index (χ0n) is 17.2. The number of carbonyl (C=O) groups is 1. The van der Waals surface area contributed by atoms with Crippen LogP contribution in [0.3, 0.4) is 0 Å². The van der Waals surface area contributed by atoms with Crippen LogP contribution in [0.2, 0.25) is 0 Å². The second-order valence-electron chi connectivity index (χ2n) is 8.41. The molecular weight excluding hydrogens is 400 g/mol. The summed E-state index contributed by atoms with van der Waals surface area (Å²) in [5, 5.41) is 4.20. The first-order chi connectivity index (χ1) is 14.5. The molecule has 1 aromatic carbocycles. The molecule has 0 atom stereocenters. The van der Waals surface area contributed by atoms with Crippen molar-refractivity contribution in [3.05, 3.63) is 48.3 Å². The fourth-order valence-electron chi connectivity index (χ4n) is 4.45. The third-order valence-corrected chi connectivity index (χ3v) is 7.67. The van der Waals surface area contributed by atoms with E-state index in [-0.39, 0.29) is 22.8 Å². The van der Waals surface area contributed by atoms with Crippen molar-refractivity contribution in [2.24, 2.45) is 5.92 Å². The van der Waals surface area contributed by atoms with Crippen molar-refractivity contribution < 1.29 is 13.2 Å². The Balaban J connectivity index is 1.30. The summed E-state index contributed by atoms with van der Waals surface area (Å²) in [7, 11) is -3.63. The number of sulfonamides is 1. The minimum absolute atomic E-state index is 0.150. The van der Waals surface area contributed by atoms with E-state index in [1.165, 1.54) is 12.6 Å². The smallest absolute Gasteiger partial charge is 0.243 e. The Bertz CT molecular complexity index is 944. The van der Waals surface area contributed by atoms with Gasteiger partial charge in [-0.05, 0) is 31.2 Å². The summed E-state index contributed by atoms with van der Waals surface area (Å²) in [5.74, 6) is 0.431. The largest absolute Gasteiger partial charge is 0.342 e. The fourth-order valence-corrected chi connectivity index (χ4v) is 5.71. The Hall–Kier alpha value is -2.19. The van der Waals surface area contributed by atoms with Crippen LogP contribution in [0, 0.1) is 5.92 Å². The van der Waals surface area contributed by atoms with Gasteiger partial charge in [-0.15, -0.1) is 0 Å². The molecule has 2 aliphatic rings. The second-order valence-corrected chi connectivity index (χ2v) is 10.1. The highest BCUT2D eigenvalue weighted by atomic mass is 32.2. The van der Waals surface area contributed by atoms with E-state index in [0.29, 0.717) is 32.5 Å². The monoisotopic (exact) mass is 430 g/mol. The number of hydrogen-bond acceptors (Lipinski definition) is 4. The molecule has 1 aromatic heterocycles. The van der Waals surface area contributed by atoms with Crippen molar-refractivity contribution in [1.82, 2.24) is 19.4 Å². The molecule has 7 nitrogen and oxygen atoms in total. The summed E-state index contributed by atoms with van der Waals surface area (Å²) in [6.07, 6.45) is 9.78. The fraction of sp³-hybridized carbons (Fsp3) is 0.545. The average Bonchev–Trinajstić information content (AvgIpc) is 3.24. The first-order valence-electron chi connectivity index (χ1n) is 10.9. The van der Waals surface area contributed by atoms with Crippen molar-refractivity contribution in [2.75, 3.05) is 13.1 Å². The average molecular weight is 431 g/mol. The molecule has 4 rings (SSSR count). The van der Waals surface area contributed by atoms with E-state index in [1.807, 2.05) is 35.2 Å². The molecule has 0 radical (unpaired) electrons. The summed E-state index contributed by atoms with van der Waals surface area (Å²) in [5.41, 5.74) is 1.06. The topological polar surface area (TPSA) is 84.3 Å². The van der Waals surface area contributed by atoms with Crippen LogP contribution in [0.1, 0.15) is 50.5 Å². The molecule has 1 aliphatic carbocycles. The molecule has 8 heteroatoms. The Kier molecular flexibility index (Phi) is 6.53. The minimum atomic E-state index is -3.63. The molecule has 0 spiro atoms. The predicted molar refractivity (Wildman–Crippen MR) is 114 cm³/mol. The Morgan fingerprint density at radius 2 is 1.73 bits per heavy atom. The molecule has 30 heavy (non-hydrogen) atoms. The van der Waals surface area contributed by atoms with Gasteiger partial charge in [0.05, 0.1) is 12.7 Å². The molecular formula is C22H30N4O3S. The number of benzene rings is 1. The molecule has 1 amide bonds. The van der Waals surface area contributed by atoms with Gasteiger partial charge in [0.1, 0.15) is 4.90 Å². The van der Waals surface area contributed by atoms with Gasteiger partial charge >= 0.3 is 0 Å². The third kappa shape index (κ3) is 5.10. The minimum Gasteiger partial charge on any atom is -0.342 e. The third-order valence-electron chi connectivity index (χ3n) is 6.19. The van der Waals surface area contributed by atoms with Gasteiger partial charge in [0.25, 0.3) is 0 Å². The summed E-state index contributed by atoms with van der Waals surface area (Å²) >= 11 is 0. The highest BCUT2D eigenvalue weighted by Crippen LogP contribution is 2.27. The number of piperidine rings is 1. The predicted octanol–water partition coefficient (Wildman–Crippen LogP) is 2.78. The number of nitrogens with zero attached hydrogens (tertiary/aromatic N) is 3. The van der Waals surface area contributed by atoms with Crippen LogP contribution in [0.25, 0.3) is 0 Å². The Morgan fingerprint density at radius 1 is 1.03 bits per heavy atom. The number of aromatic nitrogens is 2. The van der Waals surface area contributed by atoms with Crippen molar-refractivity contribution >= 4 is 15.9 Å². The highest BCUT2D eigenvalue weighted by molar-refractivity contribution is 7.89. The first kappa shape index (κ1) is 21.1. The number of amides is 1. The van der Waals surface area contributed by atoms with Crippen LogP contribution < -0.4 is 4.72 Å². The molecule has 2 heterocycles. The lowest BCUT2D eigenvalue weighted by molar-refractivity contribution is -0.137. The standard InChI is InChI=1S/C22H30N4O3S/c27-22(19-9-5-2-6-10-19)25-13-11-20(12-14-25)24-30(28,29)21-15-23-26(17-21)16-18-7-3-1-4-8-18/h1,3-4,7-8,15,17,19-20,24H,2,5-6,9-14,16H2. The maximum absolute atomic E-state index is 12.8. The molecule has 1 saturated heterocycles. The van der Waals surface area contributed by atoms with Gasteiger partial charge in [-0.1, -0.05) is 49.6 Å². The van der Waals surface area contributed by atoms with E-state index in [9.17, 15) is 13.2 Å². The molecule has 1 N–H and O–H groups in total. The molecule has 1 saturated carbocycles. The van der Waals surface area contributed by atoms with E-state index in [1.54, 1.807) is 10.9 Å². The van der Waals surface area contributed by atoms with E-state index in [4.69, 9.17) is 0 Å². The lowest BCUT2D eigenvalue weighted by Crippen LogP contribution is -2.48. The van der Waals surface area contributed by atoms with Gasteiger partial charge in [-0.25, -0.2) is 13.1 Å². The van der Waals surface area contributed by atoms with Gasteiger partial charge in [-0.2, -0.15) is 5.10 Å².